The largest absolute Gasteiger partial charge is 0.508 e. The summed E-state index contributed by atoms with van der Waals surface area (Å²) in [5.41, 5.74) is 3.67. The topological polar surface area (TPSA) is 34.4 Å². The number of benzene rings is 2. The zero-order chi connectivity index (χ0) is 15.7. The van der Waals surface area contributed by atoms with Gasteiger partial charge in [-0.3, -0.25) is 0 Å². The molecular weight excluding hydrogens is 274 g/mol. The Labute approximate surface area is 130 Å². The molecule has 3 nitrogen and oxygen atoms in total. The van der Waals surface area contributed by atoms with Gasteiger partial charge in [-0.05, 0) is 44.5 Å². The molecule has 0 amide bonds. The predicted octanol–water partition coefficient (Wildman–Crippen LogP) is 4.82. The average Bonchev–Trinajstić information content (AvgIpc) is 2.86. The summed E-state index contributed by atoms with van der Waals surface area (Å²) in [5.74, 6) is 0.900. The number of hydrogen-bond acceptors (Lipinski definition) is 2. The molecule has 0 saturated heterocycles. The van der Waals surface area contributed by atoms with Gasteiger partial charge >= 0.3 is 0 Å². The molecule has 1 N–H and O–H groups in total. The van der Waals surface area contributed by atoms with E-state index in [9.17, 15) is 5.11 Å². The fourth-order valence-electron chi connectivity index (χ4n) is 2.86. The summed E-state index contributed by atoms with van der Waals surface area (Å²) in [4.78, 5) is 0. The summed E-state index contributed by atoms with van der Waals surface area (Å²) >= 11 is 0. The number of aromatic hydroxyl groups is 1. The molecule has 0 aliphatic carbocycles. The van der Waals surface area contributed by atoms with Gasteiger partial charge in [0.1, 0.15) is 18.1 Å². The van der Waals surface area contributed by atoms with Crippen LogP contribution in [0.5, 0.6) is 11.5 Å². The highest BCUT2D eigenvalue weighted by Crippen LogP contribution is 2.29. The average molecular weight is 295 g/mol. The number of phenols is 1. The molecule has 0 spiro atoms. The maximum absolute atomic E-state index is 9.52. The lowest BCUT2D eigenvalue weighted by Gasteiger charge is -2.09. The number of fused-ring (bicyclic) bond motifs is 1. The van der Waals surface area contributed by atoms with Crippen molar-refractivity contribution in [3.8, 4) is 11.5 Å². The van der Waals surface area contributed by atoms with Crippen LogP contribution in [0.3, 0.4) is 0 Å². The maximum atomic E-state index is 9.52. The van der Waals surface area contributed by atoms with Crippen LogP contribution >= 0.6 is 0 Å². The molecule has 3 heteroatoms. The highest BCUT2D eigenvalue weighted by atomic mass is 16.5. The van der Waals surface area contributed by atoms with Gasteiger partial charge in [-0.2, -0.15) is 0 Å². The molecule has 3 aromatic rings. The van der Waals surface area contributed by atoms with Crippen LogP contribution in [0.25, 0.3) is 10.9 Å². The molecule has 0 fully saturated rings. The second kappa shape index (κ2) is 5.76. The van der Waals surface area contributed by atoms with Crippen molar-refractivity contribution < 1.29 is 9.84 Å². The molecule has 0 aliphatic rings. The van der Waals surface area contributed by atoms with Gasteiger partial charge in [0.05, 0.1) is 0 Å². The molecule has 0 saturated carbocycles. The summed E-state index contributed by atoms with van der Waals surface area (Å²) in [7, 11) is 0. The van der Waals surface area contributed by atoms with Gasteiger partial charge in [0.15, 0.2) is 0 Å². The molecule has 3 rings (SSSR count). The van der Waals surface area contributed by atoms with E-state index in [1.165, 1.54) is 22.0 Å². The summed E-state index contributed by atoms with van der Waals surface area (Å²) in [6.45, 7) is 6.98. The van der Waals surface area contributed by atoms with Gasteiger partial charge < -0.3 is 14.4 Å². The van der Waals surface area contributed by atoms with Crippen LogP contribution in [0.2, 0.25) is 0 Å². The molecule has 22 heavy (non-hydrogen) atoms. The number of phenolic OH excluding ortho intramolecular Hbond substituents is 1. The highest BCUT2D eigenvalue weighted by Gasteiger charge is 2.12. The number of hydrogen-bond donors (Lipinski definition) is 1. The Bertz CT molecular complexity index is 802. The lowest BCUT2D eigenvalue weighted by atomic mass is 10.1. The Morgan fingerprint density at radius 1 is 1.14 bits per heavy atom. The third kappa shape index (κ3) is 2.67. The minimum atomic E-state index is 0.221. The van der Waals surface area contributed by atoms with Crippen molar-refractivity contribution in [1.29, 1.82) is 0 Å². The number of nitrogens with zero attached hydrogens (tertiary/aromatic N) is 1. The molecule has 1 aromatic heterocycles. The third-order valence-electron chi connectivity index (χ3n) is 3.91. The van der Waals surface area contributed by atoms with Crippen LogP contribution in [0.4, 0.5) is 0 Å². The SMILES string of the molecule is Cc1cccc2c1c(COc1cccc(O)c1)cn2C(C)C. The van der Waals surface area contributed by atoms with E-state index in [1.807, 2.05) is 6.07 Å². The van der Waals surface area contributed by atoms with Gasteiger partial charge in [-0.1, -0.05) is 18.2 Å². The van der Waals surface area contributed by atoms with Gasteiger partial charge in [0.25, 0.3) is 0 Å². The van der Waals surface area contributed by atoms with Crippen molar-refractivity contribution in [3.63, 3.8) is 0 Å². The van der Waals surface area contributed by atoms with E-state index < -0.39 is 0 Å². The molecule has 2 aromatic carbocycles. The monoisotopic (exact) mass is 295 g/mol. The lowest BCUT2D eigenvalue weighted by molar-refractivity contribution is 0.305. The summed E-state index contributed by atoms with van der Waals surface area (Å²) in [5, 5.41) is 10.8. The van der Waals surface area contributed by atoms with Crippen molar-refractivity contribution in [2.45, 2.75) is 33.4 Å². The summed E-state index contributed by atoms with van der Waals surface area (Å²) < 4.78 is 8.14. The number of ether oxygens (including phenoxy) is 1. The first-order valence-corrected chi connectivity index (χ1v) is 7.57. The molecule has 0 radical (unpaired) electrons. The molecule has 0 bridgehead atoms. The summed E-state index contributed by atoms with van der Waals surface area (Å²) in [6, 6.07) is 13.7. The highest BCUT2D eigenvalue weighted by molar-refractivity contribution is 5.87. The third-order valence-corrected chi connectivity index (χ3v) is 3.91. The molecule has 0 aliphatic heterocycles. The zero-order valence-electron chi connectivity index (χ0n) is 13.2. The number of aryl methyl sites for hydroxylation is 1. The van der Waals surface area contributed by atoms with Gasteiger partial charge in [0.2, 0.25) is 0 Å². The first-order valence-electron chi connectivity index (χ1n) is 7.57. The van der Waals surface area contributed by atoms with Crippen molar-refractivity contribution in [2.75, 3.05) is 0 Å². The van der Waals surface area contributed by atoms with Crippen LogP contribution in [0.15, 0.2) is 48.7 Å². The van der Waals surface area contributed by atoms with E-state index in [-0.39, 0.29) is 5.75 Å². The van der Waals surface area contributed by atoms with Crippen LogP contribution in [-0.2, 0) is 6.61 Å². The van der Waals surface area contributed by atoms with E-state index >= 15 is 0 Å². The molecule has 114 valence electrons. The van der Waals surface area contributed by atoms with Gasteiger partial charge in [0, 0.05) is 34.8 Å². The van der Waals surface area contributed by atoms with Crippen molar-refractivity contribution in [1.82, 2.24) is 4.57 Å². The standard InChI is InChI=1S/C19H21NO2/c1-13(2)20-11-15(19-14(3)6-4-9-18(19)20)12-22-17-8-5-7-16(21)10-17/h4-11,13,21H,12H2,1-3H3. The Morgan fingerprint density at radius 2 is 1.91 bits per heavy atom. The van der Waals surface area contributed by atoms with E-state index in [2.05, 4.69) is 49.7 Å². The first kappa shape index (κ1) is 14.5. The normalized spacial score (nSPS) is 11.3. The predicted molar refractivity (Wildman–Crippen MR) is 89.5 cm³/mol. The minimum Gasteiger partial charge on any atom is -0.508 e. The Hall–Kier alpha value is -2.42. The smallest absolute Gasteiger partial charge is 0.123 e. The first-order chi connectivity index (χ1) is 10.6. The fourth-order valence-corrected chi connectivity index (χ4v) is 2.86. The van der Waals surface area contributed by atoms with Gasteiger partial charge in [-0.15, -0.1) is 0 Å². The van der Waals surface area contributed by atoms with Crippen molar-refractivity contribution in [2.24, 2.45) is 0 Å². The second-order valence-electron chi connectivity index (χ2n) is 5.91. The van der Waals surface area contributed by atoms with E-state index in [4.69, 9.17) is 4.74 Å². The van der Waals surface area contributed by atoms with E-state index in [0.29, 0.717) is 18.4 Å². The number of rotatable bonds is 4. The Morgan fingerprint density at radius 3 is 2.64 bits per heavy atom. The van der Waals surface area contributed by atoms with Crippen LogP contribution in [-0.4, -0.2) is 9.67 Å². The van der Waals surface area contributed by atoms with E-state index in [1.54, 1.807) is 18.2 Å². The maximum Gasteiger partial charge on any atom is 0.123 e. The molecule has 0 unspecified atom stereocenters. The minimum absolute atomic E-state index is 0.221. The summed E-state index contributed by atoms with van der Waals surface area (Å²) in [6.07, 6.45) is 2.17. The Balaban J connectivity index is 1.96. The van der Waals surface area contributed by atoms with Crippen molar-refractivity contribution in [3.05, 3.63) is 59.8 Å². The fraction of sp³-hybridized carbons (Fsp3) is 0.263. The van der Waals surface area contributed by atoms with E-state index in [0.717, 1.165) is 0 Å². The number of aromatic nitrogens is 1. The quantitative estimate of drug-likeness (QED) is 0.749. The van der Waals surface area contributed by atoms with Crippen molar-refractivity contribution >= 4 is 10.9 Å². The molecule has 1 heterocycles. The molecular formula is C19H21NO2. The van der Waals surface area contributed by atoms with Gasteiger partial charge in [-0.25, -0.2) is 0 Å². The second-order valence-corrected chi connectivity index (χ2v) is 5.91. The van der Waals surface area contributed by atoms with Crippen LogP contribution in [0.1, 0.15) is 31.0 Å². The van der Waals surface area contributed by atoms with Crippen LogP contribution < -0.4 is 4.74 Å². The zero-order valence-corrected chi connectivity index (χ0v) is 13.2. The molecule has 0 atom stereocenters. The lowest BCUT2D eigenvalue weighted by Crippen LogP contribution is -1.98. The van der Waals surface area contributed by atoms with Crippen LogP contribution in [0, 0.1) is 6.92 Å². The Kier molecular flexibility index (Phi) is 3.80.